The average Bonchev–Trinajstić information content (AvgIpc) is 2.79. The first kappa shape index (κ1) is 27.1. The molecule has 143 valence electrons. The molecule has 0 aromatic heterocycles. The fourth-order valence-corrected chi connectivity index (χ4v) is 2.29. The minimum absolute atomic E-state index is 0. The van der Waals surface area contributed by atoms with E-state index in [4.69, 9.17) is 24.8 Å². The summed E-state index contributed by atoms with van der Waals surface area (Å²) in [5, 5.41) is 0. The van der Waals surface area contributed by atoms with E-state index in [1.54, 1.807) is 0 Å². The third kappa shape index (κ3) is 15.7. The van der Waals surface area contributed by atoms with Crippen molar-refractivity contribution >= 4 is 56.3 Å². The Balaban J connectivity index is 0.000000366. The third-order valence-corrected chi connectivity index (χ3v) is 3.63. The number of aryl methyl sites for hydroxylation is 1. The Morgan fingerprint density at radius 3 is 1.14 bits per heavy atom. The molecule has 29 heavy (non-hydrogen) atoms. The van der Waals surface area contributed by atoms with Crippen LogP contribution < -0.4 is 0 Å². The standard InChI is InChI=1S/C8H8S2.3C6H5.Pb/c1-6-4-2-3-5-7(6)8(9)10;3*1-2-4-6-5-3-1;/h2-5H,1H3,(H,9,10);3*1-5H;/p-1. The molecule has 0 unspecified atom stereocenters. The molecule has 0 heterocycles. The van der Waals surface area contributed by atoms with E-state index in [0.29, 0.717) is 4.20 Å². The van der Waals surface area contributed by atoms with Crippen LogP contribution in [-0.4, -0.2) is 31.5 Å². The quantitative estimate of drug-likeness (QED) is 0.142. The second-order valence-electron chi connectivity index (χ2n) is 5.33. The Hall–Kier alpha value is -1.89. The topological polar surface area (TPSA) is 0 Å². The summed E-state index contributed by atoms with van der Waals surface area (Å²) in [6, 6.07) is 45.4. The predicted molar refractivity (Wildman–Crippen MR) is 132 cm³/mol. The van der Waals surface area contributed by atoms with Crippen LogP contribution >= 0.6 is 12.2 Å². The second kappa shape index (κ2) is 19.4. The molecule has 0 aliphatic heterocycles. The first-order valence-corrected chi connectivity index (χ1v) is 9.53. The van der Waals surface area contributed by atoms with E-state index in [1.807, 2.05) is 122 Å². The summed E-state index contributed by atoms with van der Waals surface area (Å²) >= 11 is 9.73. The minimum Gasteiger partial charge on any atom is -0.428 e. The summed E-state index contributed by atoms with van der Waals surface area (Å²) in [4.78, 5) is 0. The number of hydrogen-bond acceptors (Lipinski definition) is 2. The van der Waals surface area contributed by atoms with Crippen LogP contribution in [0.3, 0.4) is 0 Å². The Kier molecular flexibility index (Phi) is 18.2. The van der Waals surface area contributed by atoms with Gasteiger partial charge in [-0.15, -0.1) is 4.20 Å². The van der Waals surface area contributed by atoms with Crippen LogP contribution in [-0.2, 0) is 12.6 Å². The van der Waals surface area contributed by atoms with Gasteiger partial charge in [0.1, 0.15) is 0 Å². The van der Waals surface area contributed by atoms with Gasteiger partial charge in [-0.1, -0.05) is 115 Å². The summed E-state index contributed by atoms with van der Waals surface area (Å²) in [5.74, 6) is 0. The molecule has 0 fully saturated rings. The van der Waals surface area contributed by atoms with Crippen LogP contribution in [0.1, 0.15) is 11.1 Å². The van der Waals surface area contributed by atoms with E-state index in [1.165, 1.54) is 0 Å². The third-order valence-electron chi connectivity index (χ3n) is 3.19. The van der Waals surface area contributed by atoms with Crippen molar-refractivity contribution in [1.82, 2.24) is 0 Å². The molecule has 0 spiro atoms. The smallest absolute Gasteiger partial charge is 0 e. The van der Waals surface area contributed by atoms with Gasteiger partial charge in [0.2, 0.25) is 0 Å². The molecule has 0 nitrogen and oxygen atoms in total. The largest absolute Gasteiger partial charge is 0.428 e. The number of benzene rings is 4. The van der Waals surface area contributed by atoms with Crippen LogP contribution in [0.15, 0.2) is 115 Å². The van der Waals surface area contributed by atoms with Crippen molar-refractivity contribution in [2.45, 2.75) is 6.92 Å². The zero-order chi connectivity index (χ0) is 20.3. The van der Waals surface area contributed by atoms with Gasteiger partial charge in [0, 0.05) is 27.3 Å². The maximum absolute atomic E-state index is 4.86. The van der Waals surface area contributed by atoms with Crippen molar-refractivity contribution in [3.05, 3.63) is 145 Å². The molecule has 3 heteroatoms. The van der Waals surface area contributed by atoms with E-state index in [0.717, 1.165) is 11.1 Å². The fourth-order valence-electron chi connectivity index (χ4n) is 1.83. The van der Waals surface area contributed by atoms with E-state index in [9.17, 15) is 0 Å². The van der Waals surface area contributed by atoms with Gasteiger partial charge in [0.15, 0.2) is 0 Å². The van der Waals surface area contributed by atoms with Gasteiger partial charge in [-0.3, -0.25) is 0 Å². The van der Waals surface area contributed by atoms with Gasteiger partial charge in [-0.25, -0.2) is 0 Å². The van der Waals surface area contributed by atoms with Crippen molar-refractivity contribution in [2.75, 3.05) is 0 Å². The molecule has 0 saturated carbocycles. The summed E-state index contributed by atoms with van der Waals surface area (Å²) in [6.07, 6.45) is 0. The Labute approximate surface area is 206 Å². The van der Waals surface area contributed by atoms with E-state index in [-0.39, 0.29) is 27.3 Å². The zero-order valence-corrected chi connectivity index (χ0v) is 21.8. The summed E-state index contributed by atoms with van der Waals surface area (Å²) in [5.41, 5.74) is 2.16. The van der Waals surface area contributed by atoms with Gasteiger partial charge in [0.05, 0.1) is 0 Å². The van der Waals surface area contributed by atoms with Crippen molar-refractivity contribution in [1.29, 1.82) is 0 Å². The van der Waals surface area contributed by atoms with Crippen LogP contribution in [0.25, 0.3) is 0 Å². The molecule has 0 atom stereocenters. The second-order valence-corrected chi connectivity index (χ2v) is 6.41. The Morgan fingerprint density at radius 1 is 0.621 bits per heavy atom. The van der Waals surface area contributed by atoms with Crippen LogP contribution in [0.2, 0.25) is 0 Å². The molecule has 0 aliphatic rings. The molecule has 0 bridgehead atoms. The monoisotopic (exact) mass is 606 g/mol. The predicted octanol–water partition coefficient (Wildman–Crippen LogP) is 6.30. The fraction of sp³-hybridized carbons (Fsp3) is 0.0385. The molecule has 0 amide bonds. The number of hydrogen-bond donors (Lipinski definition) is 0. The van der Waals surface area contributed by atoms with Crippen molar-refractivity contribution < 1.29 is 0 Å². The van der Waals surface area contributed by atoms with Gasteiger partial charge < -0.3 is 24.8 Å². The first-order chi connectivity index (χ1) is 13.7. The van der Waals surface area contributed by atoms with E-state index < -0.39 is 0 Å². The Bertz CT molecular complexity index is 696. The molecule has 0 saturated heterocycles. The molecular formula is C26H22PbS2-. The van der Waals surface area contributed by atoms with Crippen molar-refractivity contribution in [3.63, 3.8) is 0 Å². The minimum atomic E-state index is 0. The number of thiocarbonyl (C=S) groups is 1. The van der Waals surface area contributed by atoms with Gasteiger partial charge in [-0.2, -0.15) is 0 Å². The van der Waals surface area contributed by atoms with Crippen LogP contribution in [0.5, 0.6) is 0 Å². The van der Waals surface area contributed by atoms with Gasteiger partial charge in [0.25, 0.3) is 0 Å². The maximum atomic E-state index is 4.86. The van der Waals surface area contributed by atoms with Crippen molar-refractivity contribution in [3.8, 4) is 0 Å². The SMILES string of the molecule is Cc1ccccc1C(=S)[S-].[Pb].[c]1ccccc1.[c]1ccccc1.[c]1ccccc1. The molecule has 4 aromatic carbocycles. The van der Waals surface area contributed by atoms with Crippen LogP contribution in [0.4, 0.5) is 0 Å². The Morgan fingerprint density at radius 2 is 0.966 bits per heavy atom. The maximum Gasteiger partial charge on any atom is 0 e. The van der Waals surface area contributed by atoms with E-state index >= 15 is 0 Å². The van der Waals surface area contributed by atoms with Gasteiger partial charge in [-0.05, 0) is 36.2 Å². The molecule has 4 aromatic rings. The average molecular weight is 606 g/mol. The van der Waals surface area contributed by atoms with Gasteiger partial charge >= 0.3 is 0 Å². The molecule has 7 radical (unpaired) electrons. The molecular weight excluding hydrogens is 584 g/mol. The molecule has 0 aliphatic carbocycles. The molecule has 4 rings (SSSR count). The van der Waals surface area contributed by atoms with E-state index in [2.05, 4.69) is 18.2 Å². The summed E-state index contributed by atoms with van der Waals surface area (Å²) in [7, 11) is 0. The van der Waals surface area contributed by atoms with Crippen molar-refractivity contribution in [2.24, 2.45) is 0 Å². The molecule has 0 N–H and O–H groups in total. The first-order valence-electron chi connectivity index (χ1n) is 8.72. The summed E-state index contributed by atoms with van der Waals surface area (Å²) < 4.78 is 0.554. The number of rotatable bonds is 1. The summed E-state index contributed by atoms with van der Waals surface area (Å²) in [6.45, 7) is 2.01. The normalized spacial score (nSPS) is 8.17. The zero-order valence-electron chi connectivity index (χ0n) is 16.3. The van der Waals surface area contributed by atoms with Crippen LogP contribution in [0, 0.1) is 25.1 Å².